The Bertz CT molecular complexity index is 731. The molecule has 2 aromatic rings. The van der Waals surface area contributed by atoms with Crippen LogP contribution in [0.2, 0.25) is 0 Å². The molecule has 0 unspecified atom stereocenters. The second-order valence-corrected chi connectivity index (χ2v) is 4.98. The van der Waals surface area contributed by atoms with Crippen molar-refractivity contribution in [3.8, 4) is 5.69 Å². The summed E-state index contributed by atoms with van der Waals surface area (Å²) >= 11 is 0. The quantitative estimate of drug-likeness (QED) is 0.758. The Morgan fingerprint density at radius 1 is 1.19 bits per heavy atom. The van der Waals surface area contributed by atoms with E-state index in [1.54, 1.807) is 0 Å². The molecule has 1 aromatic carbocycles. The Balaban J connectivity index is 2.20. The van der Waals surface area contributed by atoms with E-state index in [0.717, 1.165) is 16.8 Å². The number of halogens is 4. The number of alkyl halides is 2. The van der Waals surface area contributed by atoms with E-state index in [9.17, 15) is 22.4 Å². The zero-order valence-electron chi connectivity index (χ0n) is 11.0. The summed E-state index contributed by atoms with van der Waals surface area (Å²) in [4.78, 5) is 11.8. The number of carbonyl (C=O) groups is 1. The van der Waals surface area contributed by atoms with Crippen LogP contribution in [0.1, 0.15) is 28.2 Å². The molecule has 0 fully saturated rings. The Labute approximate surface area is 117 Å². The lowest BCUT2D eigenvalue weighted by molar-refractivity contribution is 0.00167. The third kappa shape index (κ3) is 2.12. The number of benzene rings is 1. The van der Waals surface area contributed by atoms with Gasteiger partial charge < -0.3 is 0 Å². The molecule has 21 heavy (non-hydrogen) atoms. The van der Waals surface area contributed by atoms with Crippen LogP contribution in [0.25, 0.3) is 5.69 Å². The van der Waals surface area contributed by atoms with Crippen molar-refractivity contribution in [2.75, 3.05) is 0 Å². The Kier molecular flexibility index (Phi) is 2.89. The third-order valence-corrected chi connectivity index (χ3v) is 3.48. The summed E-state index contributed by atoms with van der Waals surface area (Å²) in [5.41, 5.74) is 0.290. The first kappa shape index (κ1) is 13.8. The van der Waals surface area contributed by atoms with E-state index < -0.39 is 29.8 Å². The molecule has 3 rings (SSSR count). The van der Waals surface area contributed by atoms with Crippen molar-refractivity contribution in [1.82, 2.24) is 9.78 Å². The van der Waals surface area contributed by atoms with Crippen molar-refractivity contribution in [1.29, 1.82) is 0 Å². The maximum atomic E-state index is 13.5. The van der Waals surface area contributed by atoms with Gasteiger partial charge in [0, 0.05) is 12.5 Å². The van der Waals surface area contributed by atoms with Crippen molar-refractivity contribution < 1.29 is 22.4 Å². The molecule has 1 aromatic heterocycles. The lowest BCUT2D eigenvalue weighted by Crippen LogP contribution is -2.34. The van der Waals surface area contributed by atoms with Gasteiger partial charge in [0.25, 0.3) is 0 Å². The minimum Gasteiger partial charge on any atom is -0.287 e. The van der Waals surface area contributed by atoms with E-state index in [1.165, 1.54) is 6.92 Å². The Morgan fingerprint density at radius 2 is 1.81 bits per heavy atom. The van der Waals surface area contributed by atoms with E-state index in [2.05, 4.69) is 5.10 Å². The first-order chi connectivity index (χ1) is 9.79. The summed E-state index contributed by atoms with van der Waals surface area (Å²) in [6.07, 6.45) is -0.727. The smallest absolute Gasteiger partial charge is 0.287 e. The highest BCUT2D eigenvalue weighted by Crippen LogP contribution is 2.35. The molecule has 110 valence electrons. The van der Waals surface area contributed by atoms with Crippen LogP contribution < -0.4 is 0 Å². The summed E-state index contributed by atoms with van der Waals surface area (Å²) in [5.74, 6) is -6.32. The first-order valence-electron chi connectivity index (χ1n) is 6.27. The highest BCUT2D eigenvalue weighted by Gasteiger charge is 2.46. The molecular formula is C14H10F4N2O. The SMILES string of the molecule is Cc1nn(-c2cc(F)cc(F)c2)c2c1C(=O)C(F)(F)CC2. The minimum atomic E-state index is -3.42. The number of aryl methyl sites for hydroxylation is 1. The fraction of sp³-hybridized carbons (Fsp3) is 0.286. The van der Waals surface area contributed by atoms with Crippen molar-refractivity contribution in [3.63, 3.8) is 0 Å². The lowest BCUT2D eigenvalue weighted by atomic mass is 9.91. The van der Waals surface area contributed by atoms with Gasteiger partial charge in [0.05, 0.1) is 22.6 Å². The number of carbonyl (C=O) groups excluding carboxylic acids is 1. The van der Waals surface area contributed by atoms with Crippen molar-refractivity contribution >= 4 is 5.78 Å². The monoisotopic (exact) mass is 298 g/mol. The lowest BCUT2D eigenvalue weighted by Gasteiger charge is -2.21. The Hall–Kier alpha value is -2.18. The third-order valence-electron chi connectivity index (χ3n) is 3.48. The van der Waals surface area contributed by atoms with Crippen LogP contribution in [0.15, 0.2) is 18.2 Å². The summed E-state index contributed by atoms with van der Waals surface area (Å²) in [5, 5.41) is 3.99. The molecule has 0 aliphatic heterocycles. The van der Waals surface area contributed by atoms with Gasteiger partial charge in [-0.15, -0.1) is 0 Å². The molecule has 0 amide bonds. The summed E-state index contributed by atoms with van der Waals surface area (Å²) in [7, 11) is 0. The summed E-state index contributed by atoms with van der Waals surface area (Å²) in [6.45, 7) is 1.42. The van der Waals surface area contributed by atoms with Crippen molar-refractivity contribution in [2.24, 2.45) is 0 Å². The second-order valence-electron chi connectivity index (χ2n) is 4.98. The average Bonchev–Trinajstić information content (AvgIpc) is 2.71. The highest BCUT2D eigenvalue weighted by molar-refractivity contribution is 6.04. The van der Waals surface area contributed by atoms with E-state index >= 15 is 0 Å². The molecule has 1 aliphatic rings. The topological polar surface area (TPSA) is 34.9 Å². The molecule has 0 spiro atoms. The molecule has 1 heterocycles. The van der Waals surface area contributed by atoms with Gasteiger partial charge in [0.2, 0.25) is 5.78 Å². The number of ketones is 1. The summed E-state index contributed by atoms with van der Waals surface area (Å²) < 4.78 is 54.7. The number of hydrogen-bond donors (Lipinski definition) is 0. The molecular weight excluding hydrogens is 288 g/mol. The maximum absolute atomic E-state index is 13.5. The fourth-order valence-electron chi connectivity index (χ4n) is 2.55. The number of hydrogen-bond acceptors (Lipinski definition) is 2. The van der Waals surface area contributed by atoms with E-state index in [-0.39, 0.29) is 29.1 Å². The predicted octanol–water partition coefficient (Wildman–Crippen LogP) is 3.22. The predicted molar refractivity (Wildman–Crippen MR) is 65.8 cm³/mol. The van der Waals surface area contributed by atoms with Crippen LogP contribution >= 0.6 is 0 Å². The van der Waals surface area contributed by atoms with Crippen LogP contribution in [0.5, 0.6) is 0 Å². The van der Waals surface area contributed by atoms with Gasteiger partial charge in [-0.3, -0.25) is 4.79 Å². The molecule has 0 atom stereocenters. The van der Waals surface area contributed by atoms with Crippen LogP contribution in [0.4, 0.5) is 17.6 Å². The number of fused-ring (bicyclic) bond motifs is 1. The van der Waals surface area contributed by atoms with Crippen LogP contribution in [-0.4, -0.2) is 21.5 Å². The molecule has 0 saturated heterocycles. The van der Waals surface area contributed by atoms with Gasteiger partial charge >= 0.3 is 5.92 Å². The normalized spacial score (nSPS) is 16.9. The zero-order chi connectivity index (χ0) is 15.4. The van der Waals surface area contributed by atoms with Gasteiger partial charge in [0.15, 0.2) is 0 Å². The second kappa shape index (κ2) is 4.41. The van der Waals surface area contributed by atoms with Crippen molar-refractivity contribution in [2.45, 2.75) is 25.7 Å². The fourth-order valence-corrected chi connectivity index (χ4v) is 2.55. The number of Topliss-reactive ketones (excluding diaryl/α,β-unsaturated/α-hetero) is 1. The van der Waals surface area contributed by atoms with Gasteiger partial charge in [-0.05, 0) is 25.5 Å². The van der Waals surface area contributed by atoms with Crippen molar-refractivity contribution in [3.05, 3.63) is 46.8 Å². The van der Waals surface area contributed by atoms with Gasteiger partial charge in [0.1, 0.15) is 11.6 Å². The molecule has 3 nitrogen and oxygen atoms in total. The van der Waals surface area contributed by atoms with Gasteiger partial charge in [-0.1, -0.05) is 0 Å². The largest absolute Gasteiger partial charge is 0.310 e. The molecule has 0 radical (unpaired) electrons. The van der Waals surface area contributed by atoms with Crippen LogP contribution in [0.3, 0.4) is 0 Å². The zero-order valence-corrected chi connectivity index (χ0v) is 11.0. The number of nitrogens with zero attached hydrogens (tertiary/aromatic N) is 2. The average molecular weight is 298 g/mol. The standard InChI is InChI=1S/C14H10F4N2O/c1-7-12-11(2-3-14(17,18)13(12)21)20(19-7)10-5-8(15)4-9(16)6-10/h4-6H,2-3H2,1H3. The first-order valence-corrected chi connectivity index (χ1v) is 6.27. The Morgan fingerprint density at radius 3 is 2.43 bits per heavy atom. The number of rotatable bonds is 1. The van der Waals surface area contributed by atoms with E-state index in [0.29, 0.717) is 6.07 Å². The van der Waals surface area contributed by atoms with Crippen LogP contribution in [0, 0.1) is 18.6 Å². The molecule has 0 N–H and O–H groups in total. The number of aromatic nitrogens is 2. The minimum absolute atomic E-state index is 0.0647. The van der Waals surface area contributed by atoms with Crippen LogP contribution in [-0.2, 0) is 6.42 Å². The molecule has 0 saturated carbocycles. The summed E-state index contributed by atoms with van der Waals surface area (Å²) in [6, 6.07) is 2.77. The van der Waals surface area contributed by atoms with Gasteiger partial charge in [-0.2, -0.15) is 13.9 Å². The maximum Gasteiger partial charge on any atom is 0.310 e. The molecule has 0 bridgehead atoms. The van der Waals surface area contributed by atoms with Gasteiger partial charge in [-0.25, -0.2) is 13.5 Å². The molecule has 1 aliphatic carbocycles. The van der Waals surface area contributed by atoms with E-state index in [4.69, 9.17) is 0 Å². The molecule has 7 heteroatoms. The van der Waals surface area contributed by atoms with E-state index in [1.807, 2.05) is 0 Å². The highest BCUT2D eigenvalue weighted by atomic mass is 19.3.